The van der Waals surface area contributed by atoms with E-state index in [-0.39, 0.29) is 23.7 Å². The molecule has 0 unspecified atom stereocenters. The van der Waals surface area contributed by atoms with Crippen LogP contribution in [0.2, 0.25) is 0 Å². The van der Waals surface area contributed by atoms with Crippen molar-refractivity contribution >= 4 is 11.9 Å². The van der Waals surface area contributed by atoms with E-state index in [0.717, 1.165) is 5.56 Å². The molecule has 96 valence electrons. The summed E-state index contributed by atoms with van der Waals surface area (Å²) < 4.78 is 5.01. The molecule has 1 amide bonds. The summed E-state index contributed by atoms with van der Waals surface area (Å²) in [6, 6.07) is 9.73. The summed E-state index contributed by atoms with van der Waals surface area (Å²) in [6.45, 7) is 2.51. The number of carbonyl (C=O) groups excluding carboxylic acids is 2. The van der Waals surface area contributed by atoms with Crippen LogP contribution in [0.1, 0.15) is 12.5 Å². The van der Waals surface area contributed by atoms with Gasteiger partial charge in [-0.1, -0.05) is 30.3 Å². The highest BCUT2D eigenvalue weighted by Crippen LogP contribution is 2.23. The quantitative estimate of drug-likeness (QED) is 0.812. The van der Waals surface area contributed by atoms with Gasteiger partial charge < -0.3 is 10.1 Å². The maximum Gasteiger partial charge on any atom is 0.311 e. The summed E-state index contributed by atoms with van der Waals surface area (Å²) in [5.74, 6) is -1.02. The van der Waals surface area contributed by atoms with E-state index in [0.29, 0.717) is 19.6 Å². The van der Waals surface area contributed by atoms with Crippen molar-refractivity contribution in [1.29, 1.82) is 0 Å². The zero-order valence-corrected chi connectivity index (χ0v) is 10.4. The number of nitrogens with one attached hydrogen (secondary N) is 1. The molecule has 0 aliphatic carbocycles. The van der Waals surface area contributed by atoms with E-state index in [4.69, 9.17) is 4.74 Å². The largest absolute Gasteiger partial charge is 0.466 e. The Morgan fingerprint density at radius 2 is 2.11 bits per heavy atom. The van der Waals surface area contributed by atoms with Crippen LogP contribution in [0.25, 0.3) is 0 Å². The van der Waals surface area contributed by atoms with Crippen molar-refractivity contribution < 1.29 is 14.3 Å². The van der Waals surface area contributed by atoms with Gasteiger partial charge in [0.25, 0.3) is 0 Å². The third-order valence-electron chi connectivity index (χ3n) is 3.21. The van der Waals surface area contributed by atoms with Crippen molar-refractivity contribution in [3.05, 3.63) is 35.9 Å². The number of ether oxygens (including phenoxy) is 1. The monoisotopic (exact) mass is 247 g/mol. The van der Waals surface area contributed by atoms with Crippen LogP contribution in [-0.2, 0) is 20.7 Å². The van der Waals surface area contributed by atoms with Crippen molar-refractivity contribution in [1.82, 2.24) is 5.32 Å². The molecule has 4 heteroatoms. The first-order chi connectivity index (χ1) is 8.72. The van der Waals surface area contributed by atoms with Gasteiger partial charge in [0.05, 0.1) is 18.4 Å². The molecule has 1 aromatic carbocycles. The average molecular weight is 247 g/mol. The predicted octanol–water partition coefficient (Wildman–Crippen LogP) is 1.15. The molecule has 0 spiro atoms. The molecule has 0 radical (unpaired) electrons. The van der Waals surface area contributed by atoms with Gasteiger partial charge in [0, 0.05) is 6.54 Å². The van der Waals surface area contributed by atoms with Crippen LogP contribution >= 0.6 is 0 Å². The fourth-order valence-electron chi connectivity index (χ4n) is 2.27. The normalized spacial score (nSPS) is 22.6. The summed E-state index contributed by atoms with van der Waals surface area (Å²) in [5.41, 5.74) is 1.06. The number of carbonyl (C=O) groups is 2. The van der Waals surface area contributed by atoms with E-state index in [1.165, 1.54) is 0 Å². The van der Waals surface area contributed by atoms with Gasteiger partial charge in [-0.25, -0.2) is 0 Å². The first-order valence-electron chi connectivity index (χ1n) is 6.20. The second-order valence-corrected chi connectivity index (χ2v) is 4.40. The maximum atomic E-state index is 11.8. The summed E-state index contributed by atoms with van der Waals surface area (Å²) in [7, 11) is 0. The molecule has 1 fully saturated rings. The summed E-state index contributed by atoms with van der Waals surface area (Å²) in [6.07, 6.45) is 0.580. The standard InChI is InChI=1S/C14H17NO3/c1-2-18-14(17)12-9-15-13(16)11(12)8-10-6-4-3-5-7-10/h3-7,11-12H,2,8-9H2,1H3,(H,15,16)/t11-,12+/m1/s1. The van der Waals surface area contributed by atoms with Gasteiger partial charge >= 0.3 is 5.97 Å². The minimum Gasteiger partial charge on any atom is -0.466 e. The summed E-state index contributed by atoms with van der Waals surface area (Å²) in [4.78, 5) is 23.6. The number of amides is 1. The Hall–Kier alpha value is -1.84. The highest BCUT2D eigenvalue weighted by Gasteiger charge is 2.40. The van der Waals surface area contributed by atoms with E-state index >= 15 is 0 Å². The third kappa shape index (κ3) is 2.70. The van der Waals surface area contributed by atoms with Crippen molar-refractivity contribution in [2.24, 2.45) is 11.8 Å². The number of esters is 1. The lowest BCUT2D eigenvalue weighted by Crippen LogP contribution is -2.27. The lowest BCUT2D eigenvalue weighted by molar-refractivity contribution is -0.149. The van der Waals surface area contributed by atoms with Gasteiger partial charge in [-0.3, -0.25) is 9.59 Å². The Morgan fingerprint density at radius 1 is 1.39 bits per heavy atom. The highest BCUT2D eigenvalue weighted by molar-refractivity contribution is 5.89. The van der Waals surface area contributed by atoms with Crippen LogP contribution < -0.4 is 5.32 Å². The molecule has 18 heavy (non-hydrogen) atoms. The number of rotatable bonds is 4. The molecular formula is C14H17NO3. The minimum absolute atomic E-state index is 0.0584. The Balaban J connectivity index is 2.08. The smallest absolute Gasteiger partial charge is 0.311 e. The average Bonchev–Trinajstić information content (AvgIpc) is 2.73. The lowest BCUT2D eigenvalue weighted by Gasteiger charge is -2.15. The van der Waals surface area contributed by atoms with E-state index in [9.17, 15) is 9.59 Å². The van der Waals surface area contributed by atoms with Gasteiger partial charge in [0.15, 0.2) is 0 Å². The molecule has 0 aromatic heterocycles. The molecule has 0 saturated carbocycles. The first-order valence-corrected chi connectivity index (χ1v) is 6.20. The molecular weight excluding hydrogens is 230 g/mol. The van der Waals surface area contributed by atoms with Crippen LogP contribution in [-0.4, -0.2) is 25.0 Å². The van der Waals surface area contributed by atoms with Crippen LogP contribution in [0.15, 0.2) is 30.3 Å². The number of hydrogen-bond donors (Lipinski definition) is 1. The second-order valence-electron chi connectivity index (χ2n) is 4.40. The van der Waals surface area contributed by atoms with Crippen LogP contribution in [0.3, 0.4) is 0 Å². The fraction of sp³-hybridized carbons (Fsp3) is 0.429. The molecule has 1 saturated heterocycles. The topological polar surface area (TPSA) is 55.4 Å². The van der Waals surface area contributed by atoms with Crippen molar-refractivity contribution in [3.63, 3.8) is 0 Å². The third-order valence-corrected chi connectivity index (χ3v) is 3.21. The van der Waals surface area contributed by atoms with Crippen molar-refractivity contribution in [2.45, 2.75) is 13.3 Å². The molecule has 1 N–H and O–H groups in total. The molecule has 2 atom stereocenters. The first kappa shape index (κ1) is 12.6. The lowest BCUT2D eigenvalue weighted by atomic mass is 9.89. The minimum atomic E-state index is -0.363. The molecule has 4 nitrogen and oxygen atoms in total. The molecule has 0 bridgehead atoms. The van der Waals surface area contributed by atoms with Gasteiger partial charge in [0.1, 0.15) is 0 Å². The Kier molecular flexibility index (Phi) is 3.97. The Labute approximate surface area is 106 Å². The Morgan fingerprint density at radius 3 is 2.78 bits per heavy atom. The van der Waals surface area contributed by atoms with Crippen molar-refractivity contribution in [3.8, 4) is 0 Å². The van der Waals surface area contributed by atoms with E-state index in [1.54, 1.807) is 6.92 Å². The second kappa shape index (κ2) is 5.67. The maximum absolute atomic E-state index is 11.8. The zero-order valence-electron chi connectivity index (χ0n) is 10.4. The van der Waals surface area contributed by atoms with Gasteiger partial charge in [-0.05, 0) is 18.9 Å². The number of hydrogen-bond acceptors (Lipinski definition) is 3. The molecule has 1 aliphatic heterocycles. The zero-order chi connectivity index (χ0) is 13.0. The number of benzene rings is 1. The molecule has 1 aromatic rings. The SMILES string of the molecule is CCOC(=O)[C@H]1CNC(=O)[C@@H]1Cc1ccccc1. The molecule has 1 heterocycles. The van der Waals surface area contributed by atoms with Gasteiger partial charge in [0.2, 0.25) is 5.91 Å². The van der Waals surface area contributed by atoms with Gasteiger partial charge in [-0.15, -0.1) is 0 Å². The highest BCUT2D eigenvalue weighted by atomic mass is 16.5. The summed E-state index contributed by atoms with van der Waals surface area (Å²) >= 11 is 0. The predicted molar refractivity (Wildman–Crippen MR) is 66.8 cm³/mol. The Bertz CT molecular complexity index is 430. The fourth-order valence-corrected chi connectivity index (χ4v) is 2.27. The van der Waals surface area contributed by atoms with E-state index in [2.05, 4.69) is 5.32 Å². The van der Waals surface area contributed by atoms with Crippen LogP contribution in [0, 0.1) is 11.8 Å². The van der Waals surface area contributed by atoms with E-state index < -0.39 is 0 Å². The van der Waals surface area contributed by atoms with Crippen LogP contribution in [0.5, 0.6) is 0 Å². The molecule has 1 aliphatic rings. The molecule has 2 rings (SSSR count). The van der Waals surface area contributed by atoms with Crippen molar-refractivity contribution in [2.75, 3.05) is 13.2 Å². The summed E-state index contributed by atoms with van der Waals surface area (Å²) in [5, 5.41) is 2.74. The van der Waals surface area contributed by atoms with Crippen LogP contribution in [0.4, 0.5) is 0 Å². The van der Waals surface area contributed by atoms with E-state index in [1.807, 2.05) is 30.3 Å². The van der Waals surface area contributed by atoms with Gasteiger partial charge in [-0.2, -0.15) is 0 Å².